The van der Waals surface area contributed by atoms with Gasteiger partial charge in [0.1, 0.15) is 0 Å². The Balaban J connectivity index is 1.72. The molecular formula is C21H27N. The van der Waals surface area contributed by atoms with Crippen molar-refractivity contribution in [2.24, 2.45) is 5.92 Å². The molecule has 2 aromatic carbocycles. The van der Waals surface area contributed by atoms with Gasteiger partial charge < -0.3 is 5.73 Å². The molecule has 0 aromatic heterocycles. The van der Waals surface area contributed by atoms with Crippen LogP contribution in [0.5, 0.6) is 0 Å². The maximum Gasteiger partial charge on any atom is 0.0314 e. The van der Waals surface area contributed by atoms with Gasteiger partial charge in [0.25, 0.3) is 0 Å². The van der Waals surface area contributed by atoms with E-state index in [1.54, 1.807) is 0 Å². The average molecular weight is 293 g/mol. The molecule has 1 heteroatoms. The van der Waals surface area contributed by atoms with Gasteiger partial charge in [-0.1, -0.05) is 63.1 Å². The van der Waals surface area contributed by atoms with Gasteiger partial charge in [0.2, 0.25) is 0 Å². The lowest BCUT2D eigenvalue weighted by Crippen LogP contribution is -2.10. The summed E-state index contributed by atoms with van der Waals surface area (Å²) in [5.41, 5.74) is 10.9. The molecule has 1 aliphatic rings. The Kier molecular flexibility index (Phi) is 4.52. The Hall–Kier alpha value is -1.76. The first-order valence-electron chi connectivity index (χ1n) is 8.59. The predicted molar refractivity (Wildman–Crippen MR) is 95.2 cm³/mol. The molecule has 0 aliphatic heterocycles. The van der Waals surface area contributed by atoms with Crippen molar-refractivity contribution in [1.82, 2.24) is 0 Å². The van der Waals surface area contributed by atoms with Crippen molar-refractivity contribution < 1.29 is 0 Å². The SMILES string of the molecule is CC1CCC(c2ccc(C(C)c3ccc(N)cc3)cc2)CC1. The van der Waals surface area contributed by atoms with Gasteiger partial charge in [0.05, 0.1) is 0 Å². The molecule has 2 aromatic rings. The fraction of sp³-hybridized carbons (Fsp3) is 0.429. The van der Waals surface area contributed by atoms with Gasteiger partial charge in [-0.3, -0.25) is 0 Å². The molecule has 1 fully saturated rings. The van der Waals surface area contributed by atoms with E-state index in [0.717, 1.165) is 17.5 Å². The molecule has 1 saturated carbocycles. The molecule has 0 saturated heterocycles. The summed E-state index contributed by atoms with van der Waals surface area (Å²) in [7, 11) is 0. The van der Waals surface area contributed by atoms with Crippen molar-refractivity contribution >= 4 is 5.69 Å². The fourth-order valence-corrected chi connectivity index (χ4v) is 3.63. The highest BCUT2D eigenvalue weighted by molar-refractivity contribution is 5.42. The van der Waals surface area contributed by atoms with Crippen LogP contribution in [-0.2, 0) is 0 Å². The minimum Gasteiger partial charge on any atom is -0.399 e. The molecule has 0 spiro atoms. The van der Waals surface area contributed by atoms with Crippen molar-refractivity contribution in [2.45, 2.75) is 51.4 Å². The van der Waals surface area contributed by atoms with Crippen molar-refractivity contribution in [3.8, 4) is 0 Å². The van der Waals surface area contributed by atoms with E-state index < -0.39 is 0 Å². The van der Waals surface area contributed by atoms with Crippen LogP contribution in [0, 0.1) is 5.92 Å². The molecule has 0 bridgehead atoms. The summed E-state index contributed by atoms with van der Waals surface area (Å²) in [6.45, 7) is 4.65. The van der Waals surface area contributed by atoms with E-state index in [1.165, 1.54) is 42.4 Å². The summed E-state index contributed by atoms with van der Waals surface area (Å²) in [6, 6.07) is 17.6. The van der Waals surface area contributed by atoms with Gasteiger partial charge in [-0.15, -0.1) is 0 Å². The molecule has 116 valence electrons. The third-order valence-corrected chi connectivity index (χ3v) is 5.36. The fourth-order valence-electron chi connectivity index (χ4n) is 3.63. The van der Waals surface area contributed by atoms with E-state index >= 15 is 0 Å². The lowest BCUT2D eigenvalue weighted by molar-refractivity contribution is 0.348. The first-order chi connectivity index (χ1) is 10.6. The van der Waals surface area contributed by atoms with Gasteiger partial charge in [0.15, 0.2) is 0 Å². The minimum absolute atomic E-state index is 0.418. The number of hydrogen-bond acceptors (Lipinski definition) is 1. The zero-order valence-electron chi connectivity index (χ0n) is 13.8. The number of nitrogen functional groups attached to an aromatic ring is 1. The van der Waals surface area contributed by atoms with Crippen LogP contribution in [0.3, 0.4) is 0 Å². The van der Waals surface area contributed by atoms with E-state index in [4.69, 9.17) is 5.73 Å². The molecule has 1 unspecified atom stereocenters. The minimum atomic E-state index is 0.418. The van der Waals surface area contributed by atoms with Gasteiger partial charge in [-0.2, -0.15) is 0 Å². The molecule has 22 heavy (non-hydrogen) atoms. The second-order valence-electron chi connectivity index (χ2n) is 7.01. The lowest BCUT2D eigenvalue weighted by Gasteiger charge is -2.26. The van der Waals surface area contributed by atoms with E-state index in [2.05, 4.69) is 50.2 Å². The Morgan fingerprint density at radius 3 is 1.86 bits per heavy atom. The Morgan fingerprint density at radius 1 is 0.818 bits per heavy atom. The molecule has 1 aliphatic carbocycles. The zero-order chi connectivity index (χ0) is 15.5. The standard InChI is InChI=1S/C21H27N/c1-15-3-5-19(6-4-15)20-9-7-17(8-10-20)16(2)18-11-13-21(22)14-12-18/h7-16,19H,3-6,22H2,1-2H3. The van der Waals surface area contributed by atoms with Gasteiger partial charge in [-0.05, 0) is 53.5 Å². The normalized spacial score (nSPS) is 23.2. The third kappa shape index (κ3) is 3.35. The summed E-state index contributed by atoms with van der Waals surface area (Å²) < 4.78 is 0. The highest BCUT2D eigenvalue weighted by atomic mass is 14.5. The van der Waals surface area contributed by atoms with Gasteiger partial charge in [-0.25, -0.2) is 0 Å². The molecule has 2 N–H and O–H groups in total. The molecule has 0 amide bonds. The number of anilines is 1. The maximum atomic E-state index is 5.78. The first kappa shape index (κ1) is 15.1. The van der Waals surface area contributed by atoms with E-state index in [9.17, 15) is 0 Å². The van der Waals surface area contributed by atoms with Crippen molar-refractivity contribution in [2.75, 3.05) is 5.73 Å². The van der Waals surface area contributed by atoms with E-state index in [1.807, 2.05) is 12.1 Å². The molecule has 3 rings (SSSR count). The zero-order valence-corrected chi connectivity index (χ0v) is 13.8. The van der Waals surface area contributed by atoms with Gasteiger partial charge in [0, 0.05) is 11.6 Å². The monoisotopic (exact) mass is 293 g/mol. The Bertz CT molecular complexity index is 589. The van der Waals surface area contributed by atoms with Crippen LogP contribution >= 0.6 is 0 Å². The van der Waals surface area contributed by atoms with E-state index in [-0.39, 0.29) is 0 Å². The van der Waals surface area contributed by atoms with Crippen molar-refractivity contribution in [3.63, 3.8) is 0 Å². The van der Waals surface area contributed by atoms with Crippen molar-refractivity contribution in [3.05, 3.63) is 65.2 Å². The van der Waals surface area contributed by atoms with E-state index in [0.29, 0.717) is 5.92 Å². The van der Waals surface area contributed by atoms with Crippen LogP contribution in [-0.4, -0.2) is 0 Å². The number of nitrogens with two attached hydrogens (primary N) is 1. The topological polar surface area (TPSA) is 26.0 Å². The second kappa shape index (κ2) is 6.56. The quantitative estimate of drug-likeness (QED) is 0.720. The average Bonchev–Trinajstić information content (AvgIpc) is 2.56. The van der Waals surface area contributed by atoms with Crippen LogP contribution in [0.1, 0.15) is 68.1 Å². The summed E-state index contributed by atoms with van der Waals surface area (Å²) >= 11 is 0. The predicted octanol–water partition coefficient (Wildman–Crippen LogP) is 5.71. The van der Waals surface area contributed by atoms with Crippen LogP contribution in [0.15, 0.2) is 48.5 Å². The highest BCUT2D eigenvalue weighted by Crippen LogP contribution is 2.36. The Morgan fingerprint density at radius 2 is 1.32 bits per heavy atom. The largest absolute Gasteiger partial charge is 0.399 e. The summed E-state index contributed by atoms with van der Waals surface area (Å²) in [5, 5.41) is 0. The summed E-state index contributed by atoms with van der Waals surface area (Å²) in [4.78, 5) is 0. The van der Waals surface area contributed by atoms with Crippen LogP contribution in [0.25, 0.3) is 0 Å². The molecule has 1 nitrogen and oxygen atoms in total. The van der Waals surface area contributed by atoms with Crippen molar-refractivity contribution in [1.29, 1.82) is 0 Å². The third-order valence-electron chi connectivity index (χ3n) is 5.36. The number of benzene rings is 2. The van der Waals surface area contributed by atoms with Gasteiger partial charge >= 0.3 is 0 Å². The molecule has 1 atom stereocenters. The summed E-state index contributed by atoms with van der Waals surface area (Å²) in [5.74, 6) is 2.11. The van der Waals surface area contributed by atoms with Crippen LogP contribution in [0.2, 0.25) is 0 Å². The van der Waals surface area contributed by atoms with Crippen LogP contribution in [0.4, 0.5) is 5.69 Å². The Labute approximate surface area is 134 Å². The first-order valence-corrected chi connectivity index (χ1v) is 8.59. The number of hydrogen-bond donors (Lipinski definition) is 1. The highest BCUT2D eigenvalue weighted by Gasteiger charge is 2.19. The molecule has 0 radical (unpaired) electrons. The second-order valence-corrected chi connectivity index (χ2v) is 7.01. The van der Waals surface area contributed by atoms with Crippen LogP contribution < -0.4 is 5.73 Å². The summed E-state index contributed by atoms with van der Waals surface area (Å²) in [6.07, 6.45) is 5.48. The maximum absolute atomic E-state index is 5.78. The number of rotatable bonds is 3. The smallest absolute Gasteiger partial charge is 0.0314 e. The molecular weight excluding hydrogens is 266 g/mol. The lowest BCUT2D eigenvalue weighted by atomic mass is 9.79. The molecule has 0 heterocycles.